The minimum Gasteiger partial charge on any atom is -0.497 e. The minimum absolute atomic E-state index is 0.199. The van der Waals surface area contributed by atoms with E-state index in [0.29, 0.717) is 18.7 Å². The highest BCUT2D eigenvalue weighted by atomic mass is 35.7. The van der Waals surface area contributed by atoms with Crippen molar-refractivity contribution in [1.82, 2.24) is 0 Å². The molecule has 0 heterocycles. The van der Waals surface area contributed by atoms with Gasteiger partial charge in [0.2, 0.25) is 0 Å². The summed E-state index contributed by atoms with van der Waals surface area (Å²) >= 11 is 6.03. The maximum absolute atomic E-state index is 12.2. The molecule has 0 radical (unpaired) electrons. The standard InChI is InChI=1S/C14H20ClO3P/c1-3-18-19(15,16)10-14(11-7-8-11)12-5-4-6-13(9-12)17-2/h4-6,9,11,14H,3,7-8,10H2,1-2H3/t14-,19?/m0/s1. The van der Waals surface area contributed by atoms with Crippen LogP contribution in [-0.4, -0.2) is 19.9 Å². The smallest absolute Gasteiger partial charge is 0.290 e. The largest absolute Gasteiger partial charge is 0.497 e. The molecule has 1 saturated carbocycles. The van der Waals surface area contributed by atoms with Crippen molar-refractivity contribution >= 4 is 18.0 Å². The van der Waals surface area contributed by atoms with E-state index in [1.165, 1.54) is 12.8 Å². The first-order chi connectivity index (χ1) is 9.05. The molecule has 5 heteroatoms. The van der Waals surface area contributed by atoms with Gasteiger partial charge >= 0.3 is 0 Å². The third-order valence-corrected chi connectivity index (χ3v) is 5.63. The number of halogens is 1. The lowest BCUT2D eigenvalue weighted by Gasteiger charge is -2.20. The highest BCUT2D eigenvalue weighted by Crippen LogP contribution is 2.58. The molecule has 106 valence electrons. The summed E-state index contributed by atoms with van der Waals surface area (Å²) in [6, 6.07) is 7.93. The van der Waals surface area contributed by atoms with Crippen molar-refractivity contribution in [2.24, 2.45) is 5.92 Å². The van der Waals surface area contributed by atoms with E-state index in [0.717, 1.165) is 11.3 Å². The fourth-order valence-corrected chi connectivity index (χ4v) is 4.59. The predicted octanol–water partition coefficient (Wildman–Crippen LogP) is 4.66. The molecule has 1 aliphatic carbocycles. The second kappa shape index (κ2) is 6.30. The van der Waals surface area contributed by atoms with Crippen LogP contribution >= 0.6 is 18.0 Å². The van der Waals surface area contributed by atoms with Gasteiger partial charge in [0.05, 0.1) is 13.7 Å². The number of ether oxygens (including phenoxy) is 1. The summed E-state index contributed by atoms with van der Waals surface area (Å²) in [6.45, 7) is -0.823. The summed E-state index contributed by atoms with van der Waals surface area (Å²) in [6.07, 6.45) is 2.75. The highest BCUT2D eigenvalue weighted by Gasteiger charge is 2.37. The topological polar surface area (TPSA) is 35.5 Å². The molecule has 0 saturated heterocycles. The summed E-state index contributed by atoms with van der Waals surface area (Å²) in [5.41, 5.74) is 1.14. The zero-order valence-corrected chi connectivity index (χ0v) is 13.0. The summed E-state index contributed by atoms with van der Waals surface area (Å²) in [4.78, 5) is 0. The Kier molecular flexibility index (Phi) is 4.94. The lowest BCUT2D eigenvalue weighted by atomic mass is 9.96. The molecule has 3 nitrogen and oxygen atoms in total. The van der Waals surface area contributed by atoms with Crippen molar-refractivity contribution in [2.75, 3.05) is 19.9 Å². The fourth-order valence-electron chi connectivity index (χ4n) is 2.38. The van der Waals surface area contributed by atoms with Crippen molar-refractivity contribution in [1.29, 1.82) is 0 Å². The van der Waals surface area contributed by atoms with Crippen molar-refractivity contribution < 1.29 is 13.8 Å². The maximum atomic E-state index is 12.2. The van der Waals surface area contributed by atoms with E-state index in [1.807, 2.05) is 31.2 Å². The lowest BCUT2D eigenvalue weighted by molar-refractivity contribution is 0.341. The van der Waals surface area contributed by atoms with Gasteiger partial charge in [0, 0.05) is 6.16 Å². The number of benzene rings is 1. The summed E-state index contributed by atoms with van der Waals surface area (Å²) < 4.78 is 22.7. The number of methoxy groups -OCH3 is 1. The molecule has 1 aromatic rings. The van der Waals surface area contributed by atoms with Crippen molar-refractivity contribution in [3.63, 3.8) is 0 Å². The van der Waals surface area contributed by atoms with Gasteiger partial charge in [0.25, 0.3) is 6.72 Å². The summed E-state index contributed by atoms with van der Waals surface area (Å²) in [7, 11) is 1.65. The Morgan fingerprint density at radius 3 is 2.79 bits per heavy atom. The van der Waals surface area contributed by atoms with Crippen molar-refractivity contribution in [3.8, 4) is 5.75 Å². The first-order valence-corrected chi connectivity index (χ1v) is 9.34. The molecule has 0 aliphatic heterocycles. The van der Waals surface area contributed by atoms with E-state index in [1.54, 1.807) is 7.11 Å². The first-order valence-electron chi connectivity index (χ1n) is 6.63. The zero-order chi connectivity index (χ0) is 13.9. The first kappa shape index (κ1) is 14.9. The molecule has 1 aromatic carbocycles. The van der Waals surface area contributed by atoms with E-state index in [2.05, 4.69) is 0 Å². The van der Waals surface area contributed by atoms with Crippen LogP contribution in [0, 0.1) is 5.92 Å². The Balaban J connectivity index is 2.18. The van der Waals surface area contributed by atoms with E-state index >= 15 is 0 Å². The number of hydrogen-bond acceptors (Lipinski definition) is 3. The molecule has 2 rings (SSSR count). The minimum atomic E-state index is -3.02. The van der Waals surface area contributed by atoms with Crippen molar-refractivity contribution in [3.05, 3.63) is 29.8 Å². The SMILES string of the molecule is CCOP(=O)(Cl)C[C@H](c1cccc(OC)c1)C1CC1. The van der Waals surface area contributed by atoms with Crippen LogP contribution in [0.2, 0.25) is 0 Å². The molecule has 0 bridgehead atoms. The fraction of sp³-hybridized carbons (Fsp3) is 0.571. The van der Waals surface area contributed by atoms with Gasteiger partial charge < -0.3 is 9.26 Å². The van der Waals surface area contributed by atoms with Gasteiger partial charge in [-0.05, 0) is 60.5 Å². The van der Waals surface area contributed by atoms with E-state index in [9.17, 15) is 4.57 Å². The Bertz CT molecular complexity index is 474. The van der Waals surface area contributed by atoms with Crippen LogP contribution in [0.1, 0.15) is 31.2 Å². The molecule has 0 amide bonds. The third-order valence-electron chi connectivity index (χ3n) is 3.45. The van der Waals surface area contributed by atoms with Gasteiger partial charge in [-0.15, -0.1) is 0 Å². The van der Waals surface area contributed by atoms with Crippen LogP contribution < -0.4 is 4.74 Å². The predicted molar refractivity (Wildman–Crippen MR) is 78.4 cm³/mol. The molecule has 2 atom stereocenters. The number of hydrogen-bond donors (Lipinski definition) is 0. The lowest BCUT2D eigenvalue weighted by Crippen LogP contribution is -2.07. The third kappa shape index (κ3) is 4.24. The normalized spacial score (nSPS) is 19.7. The number of rotatable bonds is 7. The molecule has 0 aromatic heterocycles. The Labute approximate surface area is 119 Å². The van der Waals surface area contributed by atoms with Gasteiger partial charge in [-0.2, -0.15) is 0 Å². The quantitative estimate of drug-likeness (QED) is 0.687. The molecule has 1 fully saturated rings. The second-order valence-corrected chi connectivity index (χ2v) is 8.26. The zero-order valence-electron chi connectivity index (χ0n) is 11.3. The van der Waals surface area contributed by atoms with Crippen LogP contribution in [0.4, 0.5) is 0 Å². The summed E-state index contributed by atoms with van der Waals surface area (Å²) in [5, 5.41) is 0. The van der Waals surface area contributed by atoms with Crippen molar-refractivity contribution in [2.45, 2.75) is 25.7 Å². The summed E-state index contributed by atoms with van der Waals surface area (Å²) in [5.74, 6) is 1.59. The molecule has 1 unspecified atom stereocenters. The van der Waals surface area contributed by atoms with Gasteiger partial charge in [-0.25, -0.2) is 0 Å². The molecule has 0 spiro atoms. The van der Waals surface area contributed by atoms with Crippen LogP contribution in [0.5, 0.6) is 5.75 Å². The molecule has 1 aliphatic rings. The van der Waals surface area contributed by atoms with E-state index in [4.69, 9.17) is 20.5 Å². The van der Waals surface area contributed by atoms with E-state index < -0.39 is 6.72 Å². The molecular weight excluding hydrogens is 283 g/mol. The molecule has 19 heavy (non-hydrogen) atoms. The highest BCUT2D eigenvalue weighted by molar-refractivity contribution is 7.85. The average molecular weight is 303 g/mol. The van der Waals surface area contributed by atoms with E-state index in [-0.39, 0.29) is 5.92 Å². The Hall–Kier alpha value is -0.500. The van der Waals surface area contributed by atoms with Gasteiger partial charge in [-0.3, -0.25) is 4.57 Å². The maximum Gasteiger partial charge on any atom is 0.290 e. The second-order valence-electron chi connectivity index (χ2n) is 4.91. The Morgan fingerprint density at radius 2 is 2.21 bits per heavy atom. The Morgan fingerprint density at radius 1 is 1.47 bits per heavy atom. The van der Waals surface area contributed by atoms with Gasteiger partial charge in [0.1, 0.15) is 5.75 Å². The van der Waals surface area contributed by atoms with Crippen LogP contribution in [0.15, 0.2) is 24.3 Å². The van der Waals surface area contributed by atoms with Crippen LogP contribution in [0.25, 0.3) is 0 Å². The van der Waals surface area contributed by atoms with Gasteiger partial charge in [-0.1, -0.05) is 12.1 Å². The monoisotopic (exact) mass is 302 g/mol. The van der Waals surface area contributed by atoms with Crippen LogP contribution in [0.3, 0.4) is 0 Å². The average Bonchev–Trinajstić information content (AvgIpc) is 3.20. The van der Waals surface area contributed by atoms with Crippen LogP contribution in [-0.2, 0) is 9.09 Å². The molecule has 0 N–H and O–H groups in total. The molecular formula is C14H20ClO3P. The van der Waals surface area contributed by atoms with Gasteiger partial charge in [0.15, 0.2) is 0 Å².